The Labute approximate surface area is 127 Å². The molecule has 3 atom stereocenters. The third-order valence-corrected chi connectivity index (χ3v) is 5.39. The lowest BCUT2D eigenvalue weighted by atomic mass is 9.74. The molecular formula is C17H27NOS. The Hall–Kier alpha value is -0.670. The second kappa shape index (κ2) is 6.86. The van der Waals surface area contributed by atoms with Gasteiger partial charge in [-0.25, -0.2) is 0 Å². The van der Waals surface area contributed by atoms with Crippen LogP contribution in [-0.2, 0) is 11.3 Å². The number of thiophene rings is 1. The largest absolute Gasteiger partial charge is 0.299 e. The summed E-state index contributed by atoms with van der Waals surface area (Å²) in [4.78, 5) is 16.2. The summed E-state index contributed by atoms with van der Waals surface area (Å²) in [5.41, 5.74) is 0. The lowest BCUT2D eigenvalue weighted by molar-refractivity contribution is -0.129. The van der Waals surface area contributed by atoms with Crippen LogP contribution in [0.2, 0.25) is 0 Å². The van der Waals surface area contributed by atoms with Gasteiger partial charge in [-0.05, 0) is 43.6 Å². The molecule has 0 bridgehead atoms. The molecule has 0 spiro atoms. The molecule has 2 nitrogen and oxygen atoms in total. The van der Waals surface area contributed by atoms with E-state index in [4.69, 9.17) is 0 Å². The van der Waals surface area contributed by atoms with E-state index in [9.17, 15) is 4.79 Å². The zero-order chi connectivity index (χ0) is 14.7. The van der Waals surface area contributed by atoms with Crippen molar-refractivity contribution in [1.29, 1.82) is 0 Å². The van der Waals surface area contributed by atoms with Crippen molar-refractivity contribution in [3.63, 3.8) is 0 Å². The van der Waals surface area contributed by atoms with Crippen molar-refractivity contribution in [2.75, 3.05) is 6.54 Å². The van der Waals surface area contributed by atoms with E-state index < -0.39 is 0 Å². The van der Waals surface area contributed by atoms with Crippen molar-refractivity contribution in [3.8, 4) is 0 Å². The molecule has 1 saturated carbocycles. The summed E-state index contributed by atoms with van der Waals surface area (Å²) in [6, 6.07) is 4.78. The molecule has 0 amide bonds. The molecule has 0 aliphatic heterocycles. The minimum atomic E-state index is 0.230. The van der Waals surface area contributed by atoms with Crippen LogP contribution >= 0.6 is 11.3 Å². The van der Waals surface area contributed by atoms with Gasteiger partial charge >= 0.3 is 0 Å². The average molecular weight is 293 g/mol. The second-order valence-corrected chi connectivity index (χ2v) is 7.73. The molecule has 3 unspecified atom stereocenters. The van der Waals surface area contributed by atoms with Crippen molar-refractivity contribution >= 4 is 17.1 Å². The van der Waals surface area contributed by atoms with E-state index >= 15 is 0 Å². The molecule has 0 saturated heterocycles. The Morgan fingerprint density at radius 3 is 2.70 bits per heavy atom. The van der Waals surface area contributed by atoms with Gasteiger partial charge in [-0.1, -0.05) is 19.9 Å². The molecule has 1 aromatic heterocycles. The second-order valence-electron chi connectivity index (χ2n) is 6.70. The lowest BCUT2D eigenvalue weighted by Gasteiger charge is -2.36. The molecular weight excluding hydrogens is 266 g/mol. The molecule has 1 aliphatic carbocycles. The van der Waals surface area contributed by atoms with Crippen LogP contribution in [0, 0.1) is 17.8 Å². The highest BCUT2D eigenvalue weighted by Crippen LogP contribution is 2.32. The van der Waals surface area contributed by atoms with Gasteiger partial charge in [0.2, 0.25) is 0 Å². The maximum atomic E-state index is 12.4. The van der Waals surface area contributed by atoms with E-state index in [1.807, 2.05) is 0 Å². The number of hydrogen-bond donors (Lipinski definition) is 0. The van der Waals surface area contributed by atoms with Gasteiger partial charge in [0, 0.05) is 36.3 Å². The summed E-state index contributed by atoms with van der Waals surface area (Å²) in [5, 5.41) is 2.13. The van der Waals surface area contributed by atoms with Crippen LogP contribution < -0.4 is 0 Å². The van der Waals surface area contributed by atoms with E-state index in [1.165, 1.54) is 11.3 Å². The fourth-order valence-electron chi connectivity index (χ4n) is 3.29. The summed E-state index contributed by atoms with van der Waals surface area (Å²) in [6.07, 6.45) is 1.97. The van der Waals surface area contributed by atoms with Crippen LogP contribution in [0.25, 0.3) is 0 Å². The predicted octanol–water partition coefficient (Wildman–Crippen LogP) is 4.21. The third-order valence-electron chi connectivity index (χ3n) is 4.52. The Bertz CT molecular complexity index is 426. The molecule has 2 rings (SSSR count). The van der Waals surface area contributed by atoms with Gasteiger partial charge < -0.3 is 0 Å². The number of carbonyl (C=O) groups is 1. The van der Waals surface area contributed by atoms with E-state index in [-0.39, 0.29) is 5.92 Å². The van der Waals surface area contributed by atoms with Crippen LogP contribution in [0.4, 0.5) is 0 Å². The topological polar surface area (TPSA) is 20.3 Å². The highest BCUT2D eigenvalue weighted by Gasteiger charge is 2.33. The maximum absolute atomic E-state index is 12.4. The first-order chi connectivity index (χ1) is 9.47. The molecule has 1 aliphatic rings. The predicted molar refractivity (Wildman–Crippen MR) is 85.9 cm³/mol. The summed E-state index contributed by atoms with van der Waals surface area (Å²) in [6.45, 7) is 10.8. The van der Waals surface area contributed by atoms with Crippen LogP contribution in [0.5, 0.6) is 0 Å². The first-order valence-electron chi connectivity index (χ1n) is 7.76. The molecule has 1 aromatic rings. The van der Waals surface area contributed by atoms with Crippen molar-refractivity contribution < 1.29 is 4.79 Å². The van der Waals surface area contributed by atoms with E-state index in [1.54, 1.807) is 11.3 Å². The van der Waals surface area contributed by atoms with Crippen LogP contribution in [0.15, 0.2) is 17.5 Å². The highest BCUT2D eigenvalue weighted by molar-refractivity contribution is 7.09. The van der Waals surface area contributed by atoms with Crippen molar-refractivity contribution in [1.82, 2.24) is 4.90 Å². The van der Waals surface area contributed by atoms with Gasteiger partial charge in [0.05, 0.1) is 0 Å². The van der Waals surface area contributed by atoms with Gasteiger partial charge in [-0.3, -0.25) is 9.69 Å². The summed E-state index contributed by atoms with van der Waals surface area (Å²) in [7, 11) is 0. The molecule has 0 aromatic carbocycles. The molecule has 112 valence electrons. The maximum Gasteiger partial charge on any atom is 0.137 e. The SMILES string of the molecule is CC1CC(=O)C(CN(Cc2cccs2)C(C)C)C(C)C1. The number of hydrogen-bond acceptors (Lipinski definition) is 3. The Morgan fingerprint density at radius 1 is 1.40 bits per heavy atom. The molecule has 20 heavy (non-hydrogen) atoms. The standard InChI is InChI=1S/C17H27NOS/c1-12(2)18(10-15-6-5-7-20-15)11-16-14(4)8-13(3)9-17(16)19/h5-7,12-14,16H,8-11H2,1-4H3. The van der Waals surface area contributed by atoms with E-state index in [0.717, 1.165) is 19.5 Å². The molecule has 1 heterocycles. The van der Waals surface area contributed by atoms with Gasteiger partial charge in [-0.2, -0.15) is 0 Å². The number of nitrogens with zero attached hydrogens (tertiary/aromatic N) is 1. The summed E-state index contributed by atoms with van der Waals surface area (Å²) < 4.78 is 0. The first kappa shape index (κ1) is 15.7. The summed E-state index contributed by atoms with van der Waals surface area (Å²) >= 11 is 1.81. The number of rotatable bonds is 5. The average Bonchev–Trinajstić information content (AvgIpc) is 2.84. The minimum absolute atomic E-state index is 0.230. The number of Topliss-reactive ketones (excluding diaryl/α,β-unsaturated/α-hetero) is 1. The van der Waals surface area contributed by atoms with Crippen LogP contribution in [0.1, 0.15) is 45.4 Å². The molecule has 1 fully saturated rings. The number of carbonyl (C=O) groups excluding carboxylic acids is 1. The van der Waals surface area contributed by atoms with Gasteiger partial charge in [-0.15, -0.1) is 11.3 Å². The van der Waals surface area contributed by atoms with Crippen LogP contribution in [0.3, 0.4) is 0 Å². The van der Waals surface area contributed by atoms with Crippen LogP contribution in [-0.4, -0.2) is 23.3 Å². The Kier molecular flexibility index (Phi) is 5.39. The first-order valence-corrected chi connectivity index (χ1v) is 8.64. The van der Waals surface area contributed by atoms with Crippen molar-refractivity contribution in [2.45, 2.75) is 53.1 Å². The van der Waals surface area contributed by atoms with Gasteiger partial charge in [0.25, 0.3) is 0 Å². The normalized spacial score (nSPS) is 27.5. The summed E-state index contributed by atoms with van der Waals surface area (Å²) in [5.74, 6) is 1.80. The lowest BCUT2D eigenvalue weighted by Crippen LogP contribution is -2.42. The van der Waals surface area contributed by atoms with Crippen molar-refractivity contribution in [3.05, 3.63) is 22.4 Å². The van der Waals surface area contributed by atoms with Gasteiger partial charge in [0.15, 0.2) is 0 Å². The van der Waals surface area contributed by atoms with E-state index in [0.29, 0.717) is 23.7 Å². The fourth-order valence-corrected chi connectivity index (χ4v) is 4.02. The monoisotopic (exact) mass is 293 g/mol. The highest BCUT2D eigenvalue weighted by atomic mass is 32.1. The molecule has 0 radical (unpaired) electrons. The van der Waals surface area contributed by atoms with Crippen molar-refractivity contribution in [2.24, 2.45) is 17.8 Å². The quantitative estimate of drug-likeness (QED) is 0.810. The van der Waals surface area contributed by atoms with Gasteiger partial charge in [0.1, 0.15) is 5.78 Å². The minimum Gasteiger partial charge on any atom is -0.299 e. The Balaban J connectivity index is 2.02. The fraction of sp³-hybridized carbons (Fsp3) is 0.706. The van der Waals surface area contributed by atoms with E-state index in [2.05, 4.69) is 50.1 Å². The Morgan fingerprint density at radius 2 is 2.15 bits per heavy atom. The number of ketones is 1. The smallest absolute Gasteiger partial charge is 0.137 e. The molecule has 0 N–H and O–H groups in total. The zero-order valence-corrected chi connectivity index (χ0v) is 14.0. The third kappa shape index (κ3) is 3.92. The molecule has 3 heteroatoms. The zero-order valence-electron chi connectivity index (χ0n) is 13.1.